The molecule has 0 radical (unpaired) electrons. The number of hydrogen-bond acceptors (Lipinski definition) is 7. The third-order valence-electron chi connectivity index (χ3n) is 5.75. The van der Waals surface area contributed by atoms with Crippen molar-refractivity contribution >= 4 is 12.0 Å². The summed E-state index contributed by atoms with van der Waals surface area (Å²) in [6.07, 6.45) is 1.65. The second-order valence-corrected chi connectivity index (χ2v) is 7.83. The van der Waals surface area contributed by atoms with Crippen molar-refractivity contribution < 1.29 is 33.2 Å². The fourth-order valence-corrected chi connectivity index (χ4v) is 3.95. The minimum Gasteiger partial charge on any atom is -0.497 e. The lowest BCUT2D eigenvalue weighted by atomic mass is 9.95. The van der Waals surface area contributed by atoms with Crippen LogP contribution in [0.5, 0.6) is 28.7 Å². The quantitative estimate of drug-likeness (QED) is 0.401. The molecule has 0 spiro atoms. The molecule has 0 fully saturated rings. The molecule has 1 heterocycles. The van der Waals surface area contributed by atoms with Gasteiger partial charge in [-0.15, -0.1) is 0 Å². The Kier molecular flexibility index (Phi) is 7.45. The van der Waals surface area contributed by atoms with Gasteiger partial charge in [0.2, 0.25) is 5.75 Å². The highest BCUT2D eigenvalue weighted by atomic mass is 16.5. The molecule has 182 valence electrons. The maximum absolute atomic E-state index is 13.3. The molecule has 1 unspecified atom stereocenters. The van der Waals surface area contributed by atoms with Crippen LogP contribution in [0, 0.1) is 0 Å². The third-order valence-corrected chi connectivity index (χ3v) is 5.75. The fraction of sp³-hybridized carbons (Fsp3) is 0.250. The lowest BCUT2D eigenvalue weighted by Crippen LogP contribution is -2.23. The van der Waals surface area contributed by atoms with E-state index in [2.05, 4.69) is 0 Å². The SMILES string of the molecule is COc1ccc2c(c1)OC(c1cc(OC)c(OC)c(OC)c1)C(C(=O)OCCc1ccccc1)=C2. The molecule has 35 heavy (non-hydrogen) atoms. The van der Waals surface area contributed by atoms with Crippen molar-refractivity contribution in [1.82, 2.24) is 0 Å². The second-order valence-electron chi connectivity index (χ2n) is 7.83. The van der Waals surface area contributed by atoms with Crippen LogP contribution in [0.3, 0.4) is 0 Å². The average Bonchev–Trinajstić information content (AvgIpc) is 2.91. The Labute approximate surface area is 204 Å². The van der Waals surface area contributed by atoms with Gasteiger partial charge in [0.05, 0.1) is 40.6 Å². The van der Waals surface area contributed by atoms with Crippen LogP contribution in [0.25, 0.3) is 6.08 Å². The van der Waals surface area contributed by atoms with E-state index < -0.39 is 12.1 Å². The Balaban J connectivity index is 1.69. The maximum Gasteiger partial charge on any atom is 0.338 e. The predicted molar refractivity (Wildman–Crippen MR) is 132 cm³/mol. The monoisotopic (exact) mass is 476 g/mol. The summed E-state index contributed by atoms with van der Waals surface area (Å²) in [6.45, 7) is 0.248. The lowest BCUT2D eigenvalue weighted by Gasteiger charge is -2.28. The van der Waals surface area contributed by atoms with Crippen LogP contribution in [-0.4, -0.2) is 41.0 Å². The van der Waals surface area contributed by atoms with Crippen LogP contribution in [-0.2, 0) is 16.0 Å². The number of ether oxygens (including phenoxy) is 6. The van der Waals surface area contributed by atoms with E-state index in [4.69, 9.17) is 28.4 Å². The van der Waals surface area contributed by atoms with Crippen LogP contribution in [0.4, 0.5) is 0 Å². The summed E-state index contributed by atoms with van der Waals surface area (Å²) in [6, 6.07) is 18.8. The predicted octanol–water partition coefficient (Wildman–Crippen LogP) is 5.02. The van der Waals surface area contributed by atoms with Gasteiger partial charge in [-0.25, -0.2) is 4.79 Å². The lowest BCUT2D eigenvalue weighted by molar-refractivity contribution is -0.139. The van der Waals surface area contributed by atoms with E-state index in [0.29, 0.717) is 46.3 Å². The summed E-state index contributed by atoms with van der Waals surface area (Å²) in [7, 11) is 6.21. The van der Waals surface area contributed by atoms with Gasteiger partial charge in [0, 0.05) is 23.6 Å². The van der Waals surface area contributed by atoms with E-state index >= 15 is 0 Å². The molecule has 0 bridgehead atoms. The van der Waals surface area contributed by atoms with E-state index in [-0.39, 0.29) is 6.61 Å². The van der Waals surface area contributed by atoms with Crippen LogP contribution in [0.2, 0.25) is 0 Å². The number of rotatable bonds is 9. The van der Waals surface area contributed by atoms with Crippen molar-refractivity contribution in [2.45, 2.75) is 12.5 Å². The van der Waals surface area contributed by atoms with Gasteiger partial charge in [0.25, 0.3) is 0 Å². The average molecular weight is 477 g/mol. The molecule has 4 rings (SSSR count). The first-order valence-electron chi connectivity index (χ1n) is 11.1. The highest BCUT2D eigenvalue weighted by Gasteiger charge is 2.32. The summed E-state index contributed by atoms with van der Waals surface area (Å²) < 4.78 is 33.8. The van der Waals surface area contributed by atoms with E-state index in [0.717, 1.165) is 11.1 Å². The Hall–Kier alpha value is -4.13. The highest BCUT2D eigenvalue weighted by molar-refractivity contribution is 5.96. The van der Waals surface area contributed by atoms with Crippen LogP contribution in [0.15, 0.2) is 66.2 Å². The molecule has 0 N–H and O–H groups in total. The van der Waals surface area contributed by atoms with E-state index in [1.165, 1.54) is 21.3 Å². The molecule has 7 heteroatoms. The summed E-state index contributed by atoms with van der Waals surface area (Å²) in [5, 5.41) is 0. The van der Waals surface area contributed by atoms with Gasteiger partial charge >= 0.3 is 5.97 Å². The zero-order chi connectivity index (χ0) is 24.8. The summed E-state index contributed by atoms with van der Waals surface area (Å²) in [5.41, 5.74) is 2.86. The molecule has 0 saturated heterocycles. The maximum atomic E-state index is 13.3. The van der Waals surface area contributed by atoms with Crippen molar-refractivity contribution in [3.8, 4) is 28.7 Å². The molecular weight excluding hydrogens is 448 g/mol. The van der Waals surface area contributed by atoms with Crippen LogP contribution >= 0.6 is 0 Å². The van der Waals surface area contributed by atoms with Gasteiger partial charge in [0.1, 0.15) is 11.5 Å². The van der Waals surface area contributed by atoms with Gasteiger partial charge in [-0.1, -0.05) is 30.3 Å². The molecule has 3 aromatic rings. The first-order chi connectivity index (χ1) is 17.1. The number of esters is 1. The largest absolute Gasteiger partial charge is 0.497 e. The molecule has 1 aliphatic rings. The number of fused-ring (bicyclic) bond motifs is 1. The smallest absolute Gasteiger partial charge is 0.338 e. The Morgan fingerprint density at radius 1 is 0.857 bits per heavy atom. The Morgan fingerprint density at radius 3 is 2.20 bits per heavy atom. The highest BCUT2D eigenvalue weighted by Crippen LogP contribution is 2.45. The molecule has 1 aliphatic heterocycles. The number of carbonyl (C=O) groups excluding carboxylic acids is 1. The summed E-state index contributed by atoms with van der Waals surface area (Å²) in [5.74, 6) is 2.14. The van der Waals surface area contributed by atoms with E-state index in [9.17, 15) is 4.79 Å². The van der Waals surface area contributed by atoms with Gasteiger partial charge in [0.15, 0.2) is 17.6 Å². The van der Waals surface area contributed by atoms with E-state index in [1.807, 2.05) is 42.5 Å². The topological polar surface area (TPSA) is 72.5 Å². The fourth-order valence-electron chi connectivity index (χ4n) is 3.95. The van der Waals surface area contributed by atoms with Crippen molar-refractivity contribution in [3.63, 3.8) is 0 Å². The van der Waals surface area contributed by atoms with Crippen molar-refractivity contribution in [1.29, 1.82) is 0 Å². The number of benzene rings is 3. The molecule has 0 saturated carbocycles. The minimum absolute atomic E-state index is 0.248. The minimum atomic E-state index is -0.757. The number of methoxy groups -OCH3 is 4. The van der Waals surface area contributed by atoms with Gasteiger partial charge in [-0.3, -0.25) is 0 Å². The number of hydrogen-bond donors (Lipinski definition) is 0. The summed E-state index contributed by atoms with van der Waals surface area (Å²) in [4.78, 5) is 13.3. The first kappa shape index (κ1) is 24.0. The standard InChI is InChI=1S/C28H28O7/c1-30-21-11-10-19-14-22(28(29)34-13-12-18-8-6-5-7-9-18)26(35-23(19)17-21)20-15-24(31-2)27(33-4)25(16-20)32-3/h5-11,14-17,26H,12-13H2,1-4H3. The zero-order valence-electron chi connectivity index (χ0n) is 20.2. The van der Waals surface area contributed by atoms with Gasteiger partial charge in [-0.05, 0) is 35.9 Å². The number of carbonyl (C=O) groups is 1. The Bertz CT molecular complexity index is 1190. The second kappa shape index (κ2) is 10.9. The molecule has 0 amide bonds. The van der Waals surface area contributed by atoms with Crippen LogP contribution in [0.1, 0.15) is 22.8 Å². The first-order valence-corrected chi connectivity index (χ1v) is 11.1. The van der Waals surface area contributed by atoms with Crippen molar-refractivity contribution in [2.75, 3.05) is 35.0 Å². The summed E-state index contributed by atoms with van der Waals surface area (Å²) >= 11 is 0. The van der Waals surface area contributed by atoms with Crippen molar-refractivity contribution in [2.24, 2.45) is 0 Å². The molecule has 0 aliphatic carbocycles. The molecule has 3 aromatic carbocycles. The Morgan fingerprint density at radius 2 is 1.57 bits per heavy atom. The molecule has 0 aromatic heterocycles. The molecule has 1 atom stereocenters. The normalized spacial score (nSPS) is 14.2. The van der Waals surface area contributed by atoms with E-state index in [1.54, 1.807) is 31.4 Å². The molecule has 7 nitrogen and oxygen atoms in total. The van der Waals surface area contributed by atoms with Crippen LogP contribution < -0.4 is 23.7 Å². The van der Waals surface area contributed by atoms with Crippen molar-refractivity contribution in [3.05, 3.63) is 82.9 Å². The third kappa shape index (κ3) is 5.19. The molecular formula is C28H28O7. The zero-order valence-corrected chi connectivity index (χ0v) is 20.2. The van der Waals surface area contributed by atoms with Gasteiger partial charge < -0.3 is 28.4 Å². The van der Waals surface area contributed by atoms with Gasteiger partial charge in [-0.2, -0.15) is 0 Å².